The van der Waals surface area contributed by atoms with Gasteiger partial charge < -0.3 is 5.11 Å². The minimum absolute atomic E-state index is 0.0431. The Morgan fingerprint density at radius 2 is 2.00 bits per heavy atom. The third-order valence-corrected chi connectivity index (χ3v) is 4.85. The zero-order valence-electron chi connectivity index (χ0n) is 10.6. The fourth-order valence-electron chi connectivity index (χ4n) is 1.75. The van der Waals surface area contributed by atoms with Crippen LogP contribution in [-0.4, -0.2) is 29.1 Å². The monoisotopic (exact) mass is 313 g/mol. The Balaban J connectivity index is 2.51. The molecule has 0 aliphatic rings. The number of anilines is 1. The van der Waals surface area contributed by atoms with Gasteiger partial charge in [-0.2, -0.15) is 0 Å². The number of carbonyl (C=O) groups is 1. The number of sulfonamides is 1. The number of aromatic nitrogens is 2. The maximum atomic E-state index is 12.3. The van der Waals surface area contributed by atoms with E-state index in [-0.39, 0.29) is 15.5 Å². The first-order chi connectivity index (χ1) is 9.31. The van der Waals surface area contributed by atoms with Crippen LogP contribution in [0.2, 0.25) is 0 Å². The molecule has 106 valence electrons. The number of nitrogens with zero attached hydrogens (tertiary/aromatic N) is 2. The van der Waals surface area contributed by atoms with Gasteiger partial charge in [-0.1, -0.05) is 10.6 Å². The summed E-state index contributed by atoms with van der Waals surface area (Å²) in [5.41, 5.74) is 0.935. The lowest BCUT2D eigenvalue weighted by Gasteiger charge is -2.11. The second-order valence-electron chi connectivity index (χ2n) is 4.13. The fourth-order valence-corrected chi connectivity index (χ4v) is 3.69. The number of hydrogen-bond acceptors (Lipinski definition) is 6. The van der Waals surface area contributed by atoms with Crippen LogP contribution in [-0.2, 0) is 10.0 Å². The summed E-state index contributed by atoms with van der Waals surface area (Å²) < 4.78 is 30.4. The minimum Gasteiger partial charge on any atom is -0.478 e. The van der Waals surface area contributed by atoms with E-state index < -0.39 is 16.0 Å². The lowest BCUT2D eigenvalue weighted by molar-refractivity contribution is 0.0696. The second-order valence-corrected chi connectivity index (χ2v) is 6.56. The van der Waals surface area contributed by atoms with Gasteiger partial charge in [-0.15, -0.1) is 5.10 Å². The number of aryl methyl sites for hydroxylation is 2. The first kappa shape index (κ1) is 14.4. The van der Waals surface area contributed by atoms with Gasteiger partial charge in [0.05, 0.1) is 16.7 Å². The van der Waals surface area contributed by atoms with Gasteiger partial charge in [0, 0.05) is 11.5 Å². The Kier molecular flexibility index (Phi) is 3.73. The van der Waals surface area contributed by atoms with Crippen molar-refractivity contribution in [3.05, 3.63) is 35.0 Å². The molecule has 1 heterocycles. The zero-order chi connectivity index (χ0) is 14.9. The van der Waals surface area contributed by atoms with Crippen LogP contribution >= 0.6 is 11.5 Å². The quantitative estimate of drug-likeness (QED) is 0.888. The van der Waals surface area contributed by atoms with Crippen LogP contribution < -0.4 is 4.72 Å². The summed E-state index contributed by atoms with van der Waals surface area (Å²) in [4.78, 5) is 11.0. The lowest BCUT2D eigenvalue weighted by Crippen LogP contribution is -2.15. The van der Waals surface area contributed by atoms with E-state index in [2.05, 4.69) is 14.3 Å². The molecule has 1 aromatic carbocycles. The van der Waals surface area contributed by atoms with Crippen molar-refractivity contribution in [3.8, 4) is 0 Å². The van der Waals surface area contributed by atoms with Crippen LogP contribution in [0.1, 0.15) is 21.5 Å². The molecule has 0 saturated carbocycles. The van der Waals surface area contributed by atoms with Crippen LogP contribution in [0.25, 0.3) is 0 Å². The molecule has 2 rings (SSSR count). The van der Waals surface area contributed by atoms with Crippen molar-refractivity contribution in [1.29, 1.82) is 0 Å². The van der Waals surface area contributed by atoms with Gasteiger partial charge in [-0.05, 0) is 31.0 Å². The van der Waals surface area contributed by atoms with E-state index in [4.69, 9.17) is 5.11 Å². The molecule has 2 N–H and O–H groups in total. The molecule has 0 fully saturated rings. The summed E-state index contributed by atoms with van der Waals surface area (Å²) in [5, 5.41) is 12.9. The van der Waals surface area contributed by atoms with Crippen molar-refractivity contribution in [2.24, 2.45) is 0 Å². The highest BCUT2D eigenvalue weighted by atomic mass is 32.2. The molecule has 0 radical (unpaired) electrons. The van der Waals surface area contributed by atoms with Crippen LogP contribution in [0.3, 0.4) is 0 Å². The number of carboxylic acids is 1. The summed E-state index contributed by atoms with van der Waals surface area (Å²) >= 11 is 0.896. The highest BCUT2D eigenvalue weighted by Crippen LogP contribution is 2.23. The summed E-state index contributed by atoms with van der Waals surface area (Å²) in [6.45, 7) is 3.23. The topological polar surface area (TPSA) is 109 Å². The Morgan fingerprint density at radius 3 is 2.55 bits per heavy atom. The average molecular weight is 313 g/mol. The fraction of sp³-hybridized carbons (Fsp3) is 0.182. The van der Waals surface area contributed by atoms with Crippen molar-refractivity contribution in [2.75, 3.05) is 4.72 Å². The molecule has 0 saturated heterocycles. The van der Waals surface area contributed by atoms with Gasteiger partial charge in [0.1, 0.15) is 5.00 Å². The van der Waals surface area contributed by atoms with Gasteiger partial charge >= 0.3 is 5.97 Å². The van der Waals surface area contributed by atoms with Crippen LogP contribution in [0.15, 0.2) is 23.2 Å². The Hall–Kier alpha value is -2.00. The van der Waals surface area contributed by atoms with Crippen molar-refractivity contribution >= 4 is 32.5 Å². The van der Waals surface area contributed by atoms with Crippen molar-refractivity contribution in [1.82, 2.24) is 9.59 Å². The maximum Gasteiger partial charge on any atom is 0.335 e. The normalized spacial score (nSPS) is 11.3. The van der Waals surface area contributed by atoms with E-state index in [0.717, 1.165) is 17.6 Å². The first-order valence-corrected chi connectivity index (χ1v) is 7.71. The largest absolute Gasteiger partial charge is 0.478 e. The van der Waals surface area contributed by atoms with Gasteiger partial charge in [-0.3, -0.25) is 4.72 Å². The van der Waals surface area contributed by atoms with Crippen LogP contribution in [0.5, 0.6) is 0 Å². The van der Waals surface area contributed by atoms with Crippen molar-refractivity contribution in [2.45, 2.75) is 18.7 Å². The molecule has 2 aromatic rings. The minimum atomic E-state index is -3.87. The average Bonchev–Trinajstić information content (AvgIpc) is 2.79. The molecule has 0 bridgehead atoms. The Morgan fingerprint density at radius 1 is 1.30 bits per heavy atom. The van der Waals surface area contributed by atoms with E-state index in [1.165, 1.54) is 12.3 Å². The predicted octanol–water partition coefficient (Wildman–Crippen LogP) is 1.65. The van der Waals surface area contributed by atoms with E-state index in [1.807, 2.05) is 0 Å². The summed E-state index contributed by atoms with van der Waals surface area (Å²) in [6.07, 6.45) is 1.28. The predicted molar refractivity (Wildman–Crippen MR) is 73.6 cm³/mol. The number of rotatable bonds is 4. The lowest BCUT2D eigenvalue weighted by atomic mass is 10.1. The number of hydrogen-bond donors (Lipinski definition) is 2. The zero-order valence-corrected chi connectivity index (χ0v) is 12.2. The van der Waals surface area contributed by atoms with E-state index in [9.17, 15) is 13.2 Å². The molecular formula is C11H11N3O4S2. The third kappa shape index (κ3) is 2.78. The molecule has 0 amide bonds. The Labute approximate surface area is 119 Å². The maximum absolute atomic E-state index is 12.3. The van der Waals surface area contributed by atoms with Gasteiger partial charge in [0.2, 0.25) is 0 Å². The molecule has 0 spiro atoms. The van der Waals surface area contributed by atoms with Gasteiger partial charge in [0.25, 0.3) is 10.0 Å². The highest BCUT2D eigenvalue weighted by Gasteiger charge is 2.21. The number of carboxylic acid groups (broad SMARTS) is 1. The van der Waals surface area contributed by atoms with E-state index >= 15 is 0 Å². The number of nitrogens with one attached hydrogen (secondary N) is 1. The summed E-state index contributed by atoms with van der Waals surface area (Å²) in [5.74, 6) is -1.17. The molecule has 0 aliphatic carbocycles. The van der Waals surface area contributed by atoms with E-state index in [0.29, 0.717) is 11.1 Å². The second kappa shape index (κ2) is 5.17. The molecule has 0 unspecified atom stereocenters. The standard InChI is InChI=1S/C11H11N3O4S2/c1-6-3-7(2)9(4-8(6)11(15)16)20(17,18)13-10-5-12-14-19-10/h3-5,13H,1-2H3,(H,15,16). The van der Waals surface area contributed by atoms with E-state index in [1.54, 1.807) is 13.8 Å². The Bertz CT molecular complexity index is 754. The van der Waals surface area contributed by atoms with Crippen LogP contribution in [0, 0.1) is 13.8 Å². The number of aromatic carboxylic acids is 1. The van der Waals surface area contributed by atoms with Gasteiger partial charge in [0.15, 0.2) is 0 Å². The molecule has 7 nitrogen and oxygen atoms in total. The molecule has 0 atom stereocenters. The molecule has 9 heteroatoms. The van der Waals surface area contributed by atoms with Crippen molar-refractivity contribution in [3.63, 3.8) is 0 Å². The highest BCUT2D eigenvalue weighted by molar-refractivity contribution is 7.93. The first-order valence-electron chi connectivity index (χ1n) is 5.46. The summed E-state index contributed by atoms with van der Waals surface area (Å²) in [6, 6.07) is 2.69. The molecule has 0 aliphatic heterocycles. The van der Waals surface area contributed by atoms with Gasteiger partial charge in [-0.25, -0.2) is 13.2 Å². The van der Waals surface area contributed by atoms with Crippen LogP contribution in [0.4, 0.5) is 5.00 Å². The smallest absolute Gasteiger partial charge is 0.335 e. The molecule has 1 aromatic heterocycles. The number of benzene rings is 1. The molecule has 20 heavy (non-hydrogen) atoms. The van der Waals surface area contributed by atoms with Crippen molar-refractivity contribution < 1.29 is 18.3 Å². The molecular weight excluding hydrogens is 302 g/mol. The third-order valence-electron chi connectivity index (χ3n) is 2.64. The summed E-state index contributed by atoms with van der Waals surface area (Å²) in [7, 11) is -3.87. The SMILES string of the molecule is Cc1cc(C)c(S(=O)(=O)Nc2cnns2)cc1C(=O)O.